The Morgan fingerprint density at radius 1 is 0.197 bits per heavy atom. The van der Waals surface area contributed by atoms with Gasteiger partial charge in [0.2, 0.25) is 0 Å². The Morgan fingerprint density at radius 3 is 0.795 bits per heavy atom. The first kappa shape index (κ1) is 80.8. The van der Waals surface area contributed by atoms with E-state index in [2.05, 4.69) is 525 Å². The van der Waals surface area contributed by atoms with Crippen LogP contribution in [-0.4, -0.2) is 6.71 Å². The molecule has 0 fully saturated rings. The molecule has 132 heavy (non-hydrogen) atoms. The molecule has 0 bridgehead atoms. The summed E-state index contributed by atoms with van der Waals surface area (Å²) in [7, 11) is 0. The Hall–Kier alpha value is -15.7. The lowest BCUT2D eigenvalue weighted by molar-refractivity contribution is 1.21. The van der Waals surface area contributed by atoms with Gasteiger partial charge in [-0.2, -0.15) is 0 Å². The minimum atomic E-state index is -0.0630. The third-order valence-electron chi connectivity index (χ3n) is 26.8. The molecule has 24 rings (SSSR count). The highest BCUT2D eigenvalue weighted by atomic mass is 79.9. The van der Waals surface area contributed by atoms with Crippen LogP contribution in [-0.2, 0) is 0 Å². The zero-order valence-electron chi connectivity index (χ0n) is 75.1. The molecule has 2 aliphatic heterocycles. The van der Waals surface area contributed by atoms with Gasteiger partial charge in [-0.3, -0.25) is 0 Å². The van der Waals surface area contributed by atoms with Crippen LogP contribution in [0.25, 0.3) is 86.2 Å². The minimum Gasteiger partial charge on any atom is -0.311 e. The van der Waals surface area contributed by atoms with Crippen molar-refractivity contribution in [2.45, 2.75) is 55.4 Å². The van der Waals surface area contributed by atoms with E-state index in [0.29, 0.717) is 0 Å². The van der Waals surface area contributed by atoms with Crippen LogP contribution >= 0.6 is 15.9 Å². The number of para-hydroxylation sites is 4. The fourth-order valence-corrected chi connectivity index (χ4v) is 22.2. The van der Waals surface area contributed by atoms with Gasteiger partial charge in [-0.15, -0.1) is 0 Å². The summed E-state index contributed by atoms with van der Waals surface area (Å²) in [5.41, 5.74) is 33.6. The van der Waals surface area contributed by atoms with Crippen LogP contribution in [0, 0.1) is 55.4 Å². The molecule has 0 saturated carbocycles. The molecule has 22 aromatic rings. The molecule has 22 aromatic carbocycles. The van der Waals surface area contributed by atoms with E-state index < -0.39 is 0 Å². The van der Waals surface area contributed by atoms with Gasteiger partial charge in [0.25, 0.3) is 6.71 Å². The Kier molecular flexibility index (Phi) is 20.3. The van der Waals surface area contributed by atoms with Gasteiger partial charge in [0, 0.05) is 89.8 Å². The zero-order chi connectivity index (χ0) is 89.1. The first-order valence-electron chi connectivity index (χ1n) is 45.7. The molecule has 0 radical (unpaired) electrons. The first-order valence-corrected chi connectivity index (χ1v) is 46.5. The largest absolute Gasteiger partial charge is 0.311 e. The van der Waals surface area contributed by atoms with Crippen molar-refractivity contribution in [3.8, 4) is 0 Å². The summed E-state index contributed by atoms with van der Waals surface area (Å²) in [6.07, 6.45) is 0. The predicted molar refractivity (Wildman–Crippen MR) is 571 cm³/mol. The van der Waals surface area contributed by atoms with E-state index in [1.165, 1.54) is 170 Å². The first-order chi connectivity index (χ1) is 64.7. The van der Waals surface area contributed by atoms with Crippen molar-refractivity contribution in [1.29, 1.82) is 0 Å². The second-order valence-corrected chi connectivity index (χ2v) is 36.7. The van der Waals surface area contributed by atoms with Crippen molar-refractivity contribution in [3.05, 3.63) is 474 Å². The van der Waals surface area contributed by atoms with Crippen LogP contribution in [0.3, 0.4) is 0 Å². The summed E-state index contributed by atoms with van der Waals surface area (Å²) < 4.78 is 0.959. The Morgan fingerprint density at radius 2 is 0.462 bits per heavy atom. The molecule has 0 unspecified atom stereocenters. The molecule has 2 aliphatic rings. The monoisotopic (exact) mass is 1760 g/mol. The Balaban J connectivity index is 0.000000150. The summed E-state index contributed by atoms with van der Waals surface area (Å²) >= 11 is 4.45. The normalized spacial score (nSPS) is 12.1. The number of halogens is 1. The third kappa shape index (κ3) is 14.1. The molecule has 8 heteroatoms. The number of nitrogens with zero attached hydrogens (tertiary/aromatic N) is 6. The lowest BCUT2D eigenvalue weighted by Crippen LogP contribution is -2.61. The lowest BCUT2D eigenvalue weighted by atomic mass is 9.33. The maximum atomic E-state index is 4.45. The van der Waals surface area contributed by atoms with Crippen molar-refractivity contribution in [2.24, 2.45) is 0 Å². The molecule has 0 aromatic heterocycles. The Bertz CT molecular complexity index is 7750. The second kappa shape index (κ2) is 33.1. The Labute approximate surface area is 780 Å². The van der Waals surface area contributed by atoms with Gasteiger partial charge in [-0.1, -0.05) is 291 Å². The zero-order valence-corrected chi connectivity index (χ0v) is 76.6. The average Bonchev–Trinajstić information content (AvgIpc) is 0.681. The van der Waals surface area contributed by atoms with Crippen LogP contribution in [0.1, 0.15) is 44.5 Å². The molecule has 6 nitrogen and oxygen atoms in total. The number of hydrogen-bond donors (Lipinski definition) is 0. The number of rotatable bonds is 14. The van der Waals surface area contributed by atoms with Gasteiger partial charge >= 0.3 is 0 Å². The van der Waals surface area contributed by atoms with Crippen molar-refractivity contribution in [1.82, 2.24) is 0 Å². The van der Waals surface area contributed by atoms with E-state index in [1.807, 2.05) is 0 Å². The highest BCUT2D eigenvalue weighted by molar-refractivity contribution is 9.10. The summed E-state index contributed by atoms with van der Waals surface area (Å²) in [6, 6.07) is 157. The number of hydrogen-bond acceptors (Lipinski definition) is 6. The summed E-state index contributed by atoms with van der Waals surface area (Å²) in [6.45, 7) is 17.6. The molecule has 0 spiro atoms. The van der Waals surface area contributed by atoms with E-state index in [0.717, 1.165) is 84.1 Å². The fraction of sp³-hybridized carbons (Fsp3) is 0.0645. The van der Waals surface area contributed by atoms with Crippen LogP contribution in [0.2, 0.25) is 0 Å². The molecule has 0 aliphatic carbocycles. The number of benzene rings is 22. The highest BCUT2D eigenvalue weighted by Crippen LogP contribution is 2.56. The van der Waals surface area contributed by atoms with Crippen LogP contribution in [0.4, 0.5) is 102 Å². The van der Waals surface area contributed by atoms with Gasteiger partial charge in [0.05, 0.1) is 38.6 Å². The number of aryl methyl sites for hydroxylation is 8. The average molecular weight is 1760 g/mol. The molecule has 2 heterocycles. The lowest BCUT2D eigenvalue weighted by Gasteiger charge is -2.46. The quantitative estimate of drug-likeness (QED) is 0.0793. The van der Waals surface area contributed by atoms with E-state index in [4.69, 9.17) is 0 Å². The van der Waals surface area contributed by atoms with E-state index in [9.17, 15) is 0 Å². The van der Waals surface area contributed by atoms with E-state index in [-0.39, 0.29) is 6.71 Å². The van der Waals surface area contributed by atoms with Crippen molar-refractivity contribution < 1.29 is 0 Å². The summed E-state index contributed by atoms with van der Waals surface area (Å²) in [5, 5.41) is 19.7. The molecule has 0 saturated heterocycles. The second-order valence-electron chi connectivity index (χ2n) is 36.0. The number of anilines is 18. The topological polar surface area (TPSA) is 19.4 Å². The summed E-state index contributed by atoms with van der Waals surface area (Å²) in [5.74, 6) is 0. The molecule has 0 N–H and O–H groups in total. The maximum Gasteiger partial charge on any atom is 0.252 e. The highest BCUT2D eigenvalue weighted by Gasteiger charge is 2.46. The van der Waals surface area contributed by atoms with Crippen molar-refractivity contribution in [3.63, 3.8) is 0 Å². The minimum absolute atomic E-state index is 0.0630. The number of fused-ring (bicyclic) bond motifs is 18. The molecule has 630 valence electrons. The van der Waals surface area contributed by atoms with Crippen LogP contribution in [0.5, 0.6) is 0 Å². The summed E-state index contributed by atoms with van der Waals surface area (Å²) in [4.78, 5) is 15.0. The van der Waals surface area contributed by atoms with Crippen molar-refractivity contribution >= 4 is 228 Å². The molecular weight excluding hydrogens is 1660 g/mol. The van der Waals surface area contributed by atoms with Crippen LogP contribution < -0.4 is 45.8 Å². The SMILES string of the molecule is Cc1cc(C)cc(N(c2cc(N(c3ccccc3)c3ccccc3)cc(N(c3cc(C)cc(C)c3)c3cccc4c3ccc3ccccc34)c2Br)c2cccc3c2ccc2ccccc23)c1.Cc1cc(C)cc(N2c3cc(N(c4ccccc4)c4ccccc4)cc4c3B(c3ccc5c(ccc6ccccc65)c32)c2ccc3c(ccc5ccccc53)c2N4c2cc(C)cc(C)c2)c1. The van der Waals surface area contributed by atoms with Gasteiger partial charge in [0.1, 0.15) is 0 Å². The molecular formula is C124H94BBrN6. The van der Waals surface area contributed by atoms with Crippen LogP contribution in [0.15, 0.2) is 429 Å². The fourth-order valence-electron chi connectivity index (χ4n) is 21.6. The molecule has 0 atom stereocenters. The van der Waals surface area contributed by atoms with Crippen molar-refractivity contribution in [2.75, 3.05) is 29.4 Å². The van der Waals surface area contributed by atoms with Gasteiger partial charge in [-0.25, -0.2) is 0 Å². The predicted octanol–water partition coefficient (Wildman–Crippen LogP) is 33.8. The van der Waals surface area contributed by atoms with E-state index >= 15 is 0 Å². The third-order valence-corrected chi connectivity index (χ3v) is 27.6. The van der Waals surface area contributed by atoms with E-state index in [1.54, 1.807) is 0 Å². The smallest absolute Gasteiger partial charge is 0.252 e. The van der Waals surface area contributed by atoms with Gasteiger partial charge in [-0.05, 0) is 330 Å². The van der Waals surface area contributed by atoms with Gasteiger partial charge in [0.15, 0.2) is 0 Å². The molecule has 0 amide bonds. The maximum absolute atomic E-state index is 4.45. The van der Waals surface area contributed by atoms with Gasteiger partial charge < -0.3 is 29.4 Å². The standard InChI is InChI=1S/C62H46BN3.C62H48BrN3/c1-39-31-40(2)34-47(33-39)65-58-37-49(64(45-17-7-5-8-18-45)46-19-9-6-10-20-46)38-59-60(58)63(56-29-27-52-50-21-13-11-15-43(50)23-25-54(52)61(56)65)57-30-28-53-51-22-14-12-16-44(51)24-26-55(53)62(57)66(59)48-35-41(3)32-42(4)36-48;1-41-33-42(2)36-49(35-41)65(58-27-15-25-54-52-23-13-11-17-45(52)29-31-56(54)58)60-39-51(64(47-19-7-5-8-20-47)48-21-9-6-10-22-48)40-61(62(60)63)66(50-37-43(3)34-44(4)38-50)59-28-16-26-55-53-24-14-12-18-46(53)30-32-57(55)59/h5-38H,1-4H3;5-40H,1-4H3.